The number of phenols is 1. The summed E-state index contributed by atoms with van der Waals surface area (Å²) in [5.74, 6) is -1.39. The Morgan fingerprint density at radius 3 is 2.58 bits per heavy atom. The molecule has 5 heteroatoms. The van der Waals surface area contributed by atoms with Crippen LogP contribution in [0.15, 0.2) is 12.1 Å². The molecule has 0 aliphatic carbocycles. The number of carboxylic acids is 1. The van der Waals surface area contributed by atoms with E-state index in [1.807, 2.05) is 0 Å². The van der Waals surface area contributed by atoms with Gasteiger partial charge in [0.05, 0.1) is 16.3 Å². The summed E-state index contributed by atoms with van der Waals surface area (Å²) in [6, 6.07) is 2.38. The van der Waals surface area contributed by atoms with Crippen LogP contribution < -0.4 is 5.73 Å². The number of phenolic OH excluding ortho intramolecular Hbond substituents is 1. The molecular formula is C7H6ClNO3. The Morgan fingerprint density at radius 1 is 1.50 bits per heavy atom. The summed E-state index contributed by atoms with van der Waals surface area (Å²) >= 11 is 5.53. The van der Waals surface area contributed by atoms with Crippen molar-refractivity contribution in [2.24, 2.45) is 0 Å². The van der Waals surface area contributed by atoms with E-state index in [-0.39, 0.29) is 22.0 Å². The van der Waals surface area contributed by atoms with Crippen LogP contribution >= 0.6 is 11.6 Å². The number of hydrogen-bond donors (Lipinski definition) is 3. The minimum absolute atomic E-state index is 0.114. The normalized spacial score (nSPS) is 9.75. The summed E-state index contributed by atoms with van der Waals surface area (Å²) in [5, 5.41) is 17.4. The summed E-state index contributed by atoms with van der Waals surface area (Å²) in [7, 11) is 0. The highest BCUT2D eigenvalue weighted by Gasteiger charge is 2.12. The number of benzene rings is 1. The lowest BCUT2D eigenvalue weighted by Gasteiger charge is -2.03. The average molecular weight is 188 g/mol. The predicted molar refractivity (Wildman–Crippen MR) is 44.5 cm³/mol. The zero-order chi connectivity index (χ0) is 9.30. The maximum Gasteiger partial charge on any atom is 0.337 e. The third kappa shape index (κ3) is 1.29. The molecule has 0 saturated heterocycles. The Hall–Kier alpha value is -1.42. The van der Waals surface area contributed by atoms with E-state index in [0.717, 1.165) is 0 Å². The number of aromatic hydroxyl groups is 1. The molecule has 0 saturated carbocycles. The standard InChI is InChI=1S/C7H6ClNO3/c8-5-3(7(11)12)1-2-4(10)6(5)9/h1-2,10H,9H2,(H,11,12). The number of aromatic carboxylic acids is 1. The van der Waals surface area contributed by atoms with E-state index in [4.69, 9.17) is 27.5 Å². The van der Waals surface area contributed by atoms with Crippen LogP contribution in [0.2, 0.25) is 5.02 Å². The number of rotatable bonds is 1. The first-order chi connectivity index (χ1) is 5.54. The van der Waals surface area contributed by atoms with Crippen LogP contribution in [-0.2, 0) is 0 Å². The van der Waals surface area contributed by atoms with Crippen molar-refractivity contribution in [2.45, 2.75) is 0 Å². The number of halogens is 1. The maximum absolute atomic E-state index is 10.5. The molecule has 0 bridgehead atoms. The van der Waals surface area contributed by atoms with Crippen LogP contribution in [0.5, 0.6) is 5.75 Å². The fraction of sp³-hybridized carbons (Fsp3) is 0. The van der Waals surface area contributed by atoms with Crippen molar-refractivity contribution >= 4 is 23.3 Å². The van der Waals surface area contributed by atoms with Gasteiger partial charge in [-0.15, -0.1) is 0 Å². The Morgan fingerprint density at radius 2 is 2.08 bits per heavy atom. The van der Waals surface area contributed by atoms with Gasteiger partial charge in [-0.1, -0.05) is 11.6 Å². The minimum atomic E-state index is -1.17. The lowest BCUT2D eigenvalue weighted by molar-refractivity contribution is 0.0697. The van der Waals surface area contributed by atoms with Crippen molar-refractivity contribution in [3.63, 3.8) is 0 Å². The highest BCUT2D eigenvalue weighted by Crippen LogP contribution is 2.31. The molecule has 0 fully saturated rings. The van der Waals surface area contributed by atoms with Crippen LogP contribution in [0.3, 0.4) is 0 Å². The third-order valence-electron chi connectivity index (χ3n) is 1.39. The van der Waals surface area contributed by atoms with Crippen molar-refractivity contribution in [1.82, 2.24) is 0 Å². The molecule has 4 nitrogen and oxygen atoms in total. The molecule has 0 aliphatic rings. The summed E-state index contributed by atoms with van der Waals surface area (Å²) in [6.45, 7) is 0. The molecule has 0 atom stereocenters. The third-order valence-corrected chi connectivity index (χ3v) is 1.79. The van der Waals surface area contributed by atoms with Gasteiger partial charge in [-0.05, 0) is 12.1 Å². The molecule has 0 radical (unpaired) electrons. The largest absolute Gasteiger partial charge is 0.506 e. The smallest absolute Gasteiger partial charge is 0.337 e. The zero-order valence-electron chi connectivity index (χ0n) is 5.91. The number of carbonyl (C=O) groups is 1. The van der Waals surface area contributed by atoms with Gasteiger partial charge in [0.25, 0.3) is 0 Å². The molecule has 64 valence electrons. The summed E-state index contributed by atoms with van der Waals surface area (Å²) in [5.41, 5.74) is 5.04. The average Bonchev–Trinajstić information content (AvgIpc) is 2.00. The van der Waals surface area contributed by atoms with Gasteiger partial charge in [-0.25, -0.2) is 4.79 Å². The van der Waals surface area contributed by atoms with Crippen LogP contribution in [0.4, 0.5) is 5.69 Å². The van der Waals surface area contributed by atoms with Gasteiger partial charge in [0, 0.05) is 0 Å². The lowest BCUT2D eigenvalue weighted by Crippen LogP contribution is -1.99. The van der Waals surface area contributed by atoms with Crippen molar-refractivity contribution < 1.29 is 15.0 Å². The van der Waals surface area contributed by atoms with Gasteiger partial charge < -0.3 is 15.9 Å². The van der Waals surface area contributed by atoms with Gasteiger partial charge in [0.15, 0.2) is 0 Å². The van der Waals surface area contributed by atoms with E-state index in [9.17, 15) is 4.79 Å². The second-order valence-corrected chi connectivity index (χ2v) is 2.54. The zero-order valence-corrected chi connectivity index (χ0v) is 6.67. The highest BCUT2D eigenvalue weighted by molar-refractivity contribution is 6.36. The Bertz CT molecular complexity index is 338. The lowest BCUT2D eigenvalue weighted by atomic mass is 10.2. The van der Waals surface area contributed by atoms with Crippen molar-refractivity contribution in [1.29, 1.82) is 0 Å². The van der Waals surface area contributed by atoms with E-state index in [2.05, 4.69) is 0 Å². The molecule has 0 heterocycles. The molecule has 0 aromatic heterocycles. The second-order valence-electron chi connectivity index (χ2n) is 2.17. The molecule has 1 rings (SSSR count). The van der Waals surface area contributed by atoms with Crippen LogP contribution in [-0.4, -0.2) is 16.2 Å². The number of nitrogens with two attached hydrogens (primary N) is 1. The fourth-order valence-electron chi connectivity index (χ4n) is 0.748. The van der Waals surface area contributed by atoms with Gasteiger partial charge in [-0.3, -0.25) is 0 Å². The van der Waals surface area contributed by atoms with E-state index in [1.165, 1.54) is 12.1 Å². The predicted octanol–water partition coefficient (Wildman–Crippen LogP) is 1.33. The molecule has 1 aromatic rings. The second kappa shape index (κ2) is 2.91. The van der Waals surface area contributed by atoms with Crippen molar-refractivity contribution in [3.05, 3.63) is 22.7 Å². The molecule has 0 unspecified atom stereocenters. The molecular weight excluding hydrogens is 182 g/mol. The molecule has 4 N–H and O–H groups in total. The number of nitrogen functional groups attached to an aromatic ring is 1. The van der Waals surface area contributed by atoms with E-state index >= 15 is 0 Å². The topological polar surface area (TPSA) is 83.5 Å². The van der Waals surface area contributed by atoms with Crippen molar-refractivity contribution in [2.75, 3.05) is 5.73 Å². The molecule has 0 amide bonds. The first-order valence-corrected chi connectivity index (χ1v) is 3.42. The van der Waals surface area contributed by atoms with Gasteiger partial charge >= 0.3 is 5.97 Å². The molecule has 0 aliphatic heterocycles. The van der Waals surface area contributed by atoms with E-state index < -0.39 is 5.97 Å². The number of carboxylic acid groups (broad SMARTS) is 1. The first kappa shape index (κ1) is 8.67. The van der Waals surface area contributed by atoms with Crippen LogP contribution in [0.1, 0.15) is 10.4 Å². The first-order valence-electron chi connectivity index (χ1n) is 3.04. The fourth-order valence-corrected chi connectivity index (χ4v) is 0.989. The summed E-state index contributed by atoms with van der Waals surface area (Å²) in [4.78, 5) is 10.5. The molecule has 1 aromatic carbocycles. The van der Waals surface area contributed by atoms with Gasteiger partial charge in [-0.2, -0.15) is 0 Å². The SMILES string of the molecule is Nc1c(O)ccc(C(=O)O)c1Cl. The Balaban J connectivity index is 3.36. The van der Waals surface area contributed by atoms with E-state index in [1.54, 1.807) is 0 Å². The number of hydrogen-bond acceptors (Lipinski definition) is 3. The summed E-state index contributed by atoms with van der Waals surface area (Å²) in [6.07, 6.45) is 0. The summed E-state index contributed by atoms with van der Waals surface area (Å²) < 4.78 is 0. The van der Waals surface area contributed by atoms with Crippen LogP contribution in [0, 0.1) is 0 Å². The maximum atomic E-state index is 10.5. The minimum Gasteiger partial charge on any atom is -0.506 e. The van der Waals surface area contributed by atoms with Crippen LogP contribution in [0.25, 0.3) is 0 Å². The van der Waals surface area contributed by atoms with Gasteiger partial charge in [0.1, 0.15) is 5.75 Å². The monoisotopic (exact) mass is 187 g/mol. The highest BCUT2D eigenvalue weighted by atomic mass is 35.5. The Labute approximate surface area is 73.2 Å². The molecule has 0 spiro atoms. The molecule has 12 heavy (non-hydrogen) atoms. The quantitative estimate of drug-likeness (QED) is 0.458. The Kier molecular flexibility index (Phi) is 2.10. The van der Waals surface area contributed by atoms with Gasteiger partial charge in [0.2, 0.25) is 0 Å². The van der Waals surface area contributed by atoms with E-state index in [0.29, 0.717) is 0 Å². The van der Waals surface area contributed by atoms with Crippen molar-refractivity contribution in [3.8, 4) is 5.75 Å². The number of anilines is 1.